The second-order valence-electron chi connectivity index (χ2n) is 4.08. The topological polar surface area (TPSA) is 76.4 Å². The summed E-state index contributed by atoms with van der Waals surface area (Å²) in [5.41, 5.74) is 0.329. The Balaban J connectivity index is 1.81. The van der Waals surface area contributed by atoms with Crippen LogP contribution >= 0.6 is 27.3 Å². The Bertz CT molecular complexity index is 735. The summed E-state index contributed by atoms with van der Waals surface area (Å²) in [6.45, 7) is -0.699. The first-order valence-corrected chi connectivity index (χ1v) is 7.77. The number of para-hydroxylation sites is 1. The quantitative estimate of drug-likeness (QED) is 0.568. The molecule has 0 atom stereocenters. The van der Waals surface area contributed by atoms with Crippen molar-refractivity contribution in [1.29, 1.82) is 5.26 Å². The van der Waals surface area contributed by atoms with Gasteiger partial charge >= 0.3 is 5.97 Å². The molecule has 22 heavy (non-hydrogen) atoms. The number of ether oxygens (including phenoxy) is 2. The zero-order chi connectivity index (χ0) is 15.9. The maximum Gasteiger partial charge on any atom is 0.344 e. The van der Waals surface area contributed by atoms with Crippen LogP contribution < -0.4 is 4.74 Å². The van der Waals surface area contributed by atoms with Gasteiger partial charge in [0, 0.05) is 0 Å². The van der Waals surface area contributed by atoms with Crippen molar-refractivity contribution in [3.63, 3.8) is 0 Å². The maximum absolute atomic E-state index is 11.8. The van der Waals surface area contributed by atoms with Crippen LogP contribution in [0.15, 0.2) is 40.2 Å². The van der Waals surface area contributed by atoms with E-state index in [1.54, 1.807) is 36.4 Å². The highest BCUT2D eigenvalue weighted by molar-refractivity contribution is 9.11. The lowest BCUT2D eigenvalue weighted by Crippen LogP contribution is -2.19. The van der Waals surface area contributed by atoms with Crippen LogP contribution in [0.4, 0.5) is 0 Å². The molecule has 0 spiro atoms. The second kappa shape index (κ2) is 7.73. The van der Waals surface area contributed by atoms with Gasteiger partial charge in [0.15, 0.2) is 13.2 Å². The summed E-state index contributed by atoms with van der Waals surface area (Å²) in [6.07, 6.45) is 0. The van der Waals surface area contributed by atoms with Crippen LogP contribution in [0.25, 0.3) is 0 Å². The van der Waals surface area contributed by atoms with E-state index in [0.29, 0.717) is 16.2 Å². The number of nitrogens with zero attached hydrogens (tertiary/aromatic N) is 1. The van der Waals surface area contributed by atoms with Gasteiger partial charge < -0.3 is 9.47 Å². The van der Waals surface area contributed by atoms with Crippen molar-refractivity contribution in [2.45, 2.75) is 0 Å². The Morgan fingerprint density at radius 1 is 1.18 bits per heavy atom. The Morgan fingerprint density at radius 2 is 1.95 bits per heavy atom. The van der Waals surface area contributed by atoms with Crippen LogP contribution in [-0.2, 0) is 9.53 Å². The van der Waals surface area contributed by atoms with Crippen LogP contribution in [-0.4, -0.2) is 25.0 Å². The minimum absolute atomic E-state index is 0.276. The summed E-state index contributed by atoms with van der Waals surface area (Å²) in [5, 5.41) is 8.89. The summed E-state index contributed by atoms with van der Waals surface area (Å²) < 4.78 is 10.9. The molecule has 0 amide bonds. The number of ketones is 1. The van der Waals surface area contributed by atoms with Gasteiger partial charge in [-0.3, -0.25) is 4.79 Å². The molecule has 2 aromatic rings. The summed E-state index contributed by atoms with van der Waals surface area (Å²) in [6, 6.07) is 11.9. The highest BCUT2D eigenvalue weighted by atomic mass is 79.9. The molecule has 1 aromatic heterocycles. The average Bonchev–Trinajstić information content (AvgIpc) is 2.97. The third-order valence-corrected chi connectivity index (χ3v) is 4.23. The molecule has 0 N–H and O–H groups in total. The van der Waals surface area contributed by atoms with Gasteiger partial charge in [0.25, 0.3) is 0 Å². The van der Waals surface area contributed by atoms with Crippen molar-refractivity contribution < 1.29 is 19.1 Å². The molecule has 1 aromatic carbocycles. The van der Waals surface area contributed by atoms with Crippen LogP contribution in [0.2, 0.25) is 0 Å². The molecular formula is C15H10BrNO4S. The third-order valence-electron chi connectivity index (χ3n) is 2.57. The number of Topliss-reactive ketones (excluding diaryl/α,β-unsaturated/α-hetero) is 1. The zero-order valence-corrected chi connectivity index (χ0v) is 13.6. The van der Waals surface area contributed by atoms with Gasteiger partial charge in [-0.05, 0) is 40.2 Å². The molecule has 112 valence electrons. The monoisotopic (exact) mass is 379 g/mol. The highest BCUT2D eigenvalue weighted by Gasteiger charge is 2.13. The van der Waals surface area contributed by atoms with Gasteiger partial charge in [-0.15, -0.1) is 11.3 Å². The van der Waals surface area contributed by atoms with Gasteiger partial charge in [0.05, 0.1) is 14.2 Å². The van der Waals surface area contributed by atoms with Crippen molar-refractivity contribution in [3.8, 4) is 11.8 Å². The lowest BCUT2D eigenvalue weighted by atomic mass is 10.2. The first-order valence-electron chi connectivity index (χ1n) is 6.16. The number of carbonyl (C=O) groups excluding carboxylic acids is 2. The summed E-state index contributed by atoms with van der Waals surface area (Å²) in [4.78, 5) is 23.8. The van der Waals surface area contributed by atoms with E-state index in [1.807, 2.05) is 6.07 Å². The summed E-state index contributed by atoms with van der Waals surface area (Å²) in [7, 11) is 0. The van der Waals surface area contributed by atoms with Crippen molar-refractivity contribution in [1.82, 2.24) is 0 Å². The first kappa shape index (κ1) is 16.2. The fourth-order valence-electron chi connectivity index (χ4n) is 1.54. The fourth-order valence-corrected chi connectivity index (χ4v) is 2.85. The molecule has 0 bridgehead atoms. The highest BCUT2D eigenvalue weighted by Crippen LogP contribution is 2.22. The SMILES string of the molecule is N#Cc1ccccc1OCC(=O)OCC(=O)c1ccc(Br)s1. The van der Waals surface area contributed by atoms with Crippen LogP contribution in [0.1, 0.15) is 15.2 Å². The number of hydrogen-bond acceptors (Lipinski definition) is 6. The maximum atomic E-state index is 11.8. The Morgan fingerprint density at radius 3 is 2.64 bits per heavy atom. The molecule has 0 aliphatic heterocycles. The normalized spacial score (nSPS) is 9.82. The minimum Gasteiger partial charge on any atom is -0.481 e. The number of benzene rings is 1. The number of carbonyl (C=O) groups is 2. The number of hydrogen-bond donors (Lipinski definition) is 0. The van der Waals surface area contributed by atoms with Crippen LogP contribution in [0.5, 0.6) is 5.75 Å². The van der Waals surface area contributed by atoms with Gasteiger partial charge in [-0.25, -0.2) is 4.79 Å². The largest absolute Gasteiger partial charge is 0.481 e. The fraction of sp³-hybridized carbons (Fsp3) is 0.133. The molecule has 0 aliphatic carbocycles. The molecule has 0 saturated carbocycles. The zero-order valence-electron chi connectivity index (χ0n) is 11.2. The van der Waals surface area contributed by atoms with E-state index in [1.165, 1.54) is 11.3 Å². The van der Waals surface area contributed by atoms with E-state index in [2.05, 4.69) is 15.9 Å². The molecule has 5 nitrogen and oxygen atoms in total. The van der Waals surface area contributed by atoms with Gasteiger partial charge in [0.1, 0.15) is 11.8 Å². The number of halogens is 1. The van der Waals surface area contributed by atoms with E-state index in [-0.39, 0.29) is 19.0 Å². The van der Waals surface area contributed by atoms with E-state index < -0.39 is 5.97 Å². The van der Waals surface area contributed by atoms with Crippen molar-refractivity contribution >= 4 is 39.0 Å². The molecule has 0 saturated heterocycles. The van der Waals surface area contributed by atoms with Crippen molar-refractivity contribution in [3.05, 3.63) is 50.6 Å². The minimum atomic E-state index is -0.670. The van der Waals surface area contributed by atoms with Crippen LogP contribution in [0, 0.1) is 11.3 Å². The number of nitriles is 1. The lowest BCUT2D eigenvalue weighted by Gasteiger charge is -2.07. The first-order chi connectivity index (χ1) is 10.6. The molecular weight excluding hydrogens is 370 g/mol. The Kier molecular flexibility index (Phi) is 5.69. The van der Waals surface area contributed by atoms with Crippen LogP contribution in [0.3, 0.4) is 0 Å². The van der Waals surface area contributed by atoms with E-state index in [9.17, 15) is 9.59 Å². The third kappa shape index (κ3) is 4.41. The van der Waals surface area contributed by atoms with Gasteiger partial charge in [0.2, 0.25) is 5.78 Å². The van der Waals surface area contributed by atoms with Gasteiger partial charge in [-0.1, -0.05) is 12.1 Å². The number of esters is 1. The van der Waals surface area contributed by atoms with Crippen molar-refractivity contribution in [2.75, 3.05) is 13.2 Å². The van der Waals surface area contributed by atoms with Crippen molar-refractivity contribution in [2.24, 2.45) is 0 Å². The molecule has 1 heterocycles. The number of rotatable bonds is 6. The molecule has 7 heteroatoms. The smallest absolute Gasteiger partial charge is 0.344 e. The van der Waals surface area contributed by atoms with E-state index in [0.717, 1.165) is 3.79 Å². The van der Waals surface area contributed by atoms with E-state index in [4.69, 9.17) is 14.7 Å². The van der Waals surface area contributed by atoms with E-state index >= 15 is 0 Å². The summed E-state index contributed by atoms with van der Waals surface area (Å²) in [5.74, 6) is -0.645. The predicted molar refractivity (Wildman–Crippen MR) is 84.0 cm³/mol. The standard InChI is InChI=1S/C15H10BrNO4S/c16-14-6-5-13(22-14)11(18)8-21-15(19)9-20-12-4-2-1-3-10(12)7-17/h1-6H,8-9H2. The predicted octanol–water partition coefficient (Wildman–Crippen LogP) is 3.19. The average molecular weight is 380 g/mol. The second-order valence-corrected chi connectivity index (χ2v) is 6.55. The molecule has 0 fully saturated rings. The number of thiophene rings is 1. The van der Waals surface area contributed by atoms with Gasteiger partial charge in [-0.2, -0.15) is 5.26 Å². The molecule has 2 rings (SSSR count). The Labute approximate surface area is 139 Å². The lowest BCUT2D eigenvalue weighted by molar-refractivity contribution is -0.144. The summed E-state index contributed by atoms with van der Waals surface area (Å²) >= 11 is 4.53. The molecule has 0 radical (unpaired) electrons. The molecule has 0 aliphatic rings. The Hall–Kier alpha value is -2.17. The molecule has 0 unspecified atom stereocenters.